The van der Waals surface area contributed by atoms with Gasteiger partial charge in [0.2, 0.25) is 0 Å². The van der Waals surface area contributed by atoms with Crippen molar-refractivity contribution in [2.45, 2.75) is 5.92 Å². The molecule has 1 aliphatic heterocycles. The number of carbonyl (C=O) groups is 1. The van der Waals surface area contributed by atoms with E-state index in [4.69, 9.17) is 16.0 Å². The van der Waals surface area contributed by atoms with Crippen molar-refractivity contribution in [3.8, 4) is 0 Å². The molecule has 3 rings (SSSR count). The van der Waals surface area contributed by atoms with Gasteiger partial charge in [-0.25, -0.2) is 0 Å². The number of Topliss-reactive ketones (excluding diaryl/α,β-unsaturated/α-hetero) is 1. The van der Waals surface area contributed by atoms with E-state index in [0.29, 0.717) is 10.6 Å². The predicted octanol–water partition coefficient (Wildman–Crippen LogP) is 3.46. The normalized spacial score (nSPS) is 23.1. The van der Waals surface area contributed by atoms with E-state index >= 15 is 0 Å². The van der Waals surface area contributed by atoms with Gasteiger partial charge in [-0.15, -0.1) is 0 Å². The lowest BCUT2D eigenvalue weighted by molar-refractivity contribution is 0.0911. The van der Waals surface area contributed by atoms with Crippen molar-refractivity contribution in [1.29, 1.82) is 0 Å². The van der Waals surface area contributed by atoms with Gasteiger partial charge >= 0.3 is 0 Å². The largest absolute Gasteiger partial charge is 0.469 e. The maximum atomic E-state index is 12.7. The van der Waals surface area contributed by atoms with Crippen molar-refractivity contribution in [3.63, 3.8) is 0 Å². The second-order valence-corrected chi connectivity index (χ2v) is 5.76. The van der Waals surface area contributed by atoms with E-state index in [1.165, 1.54) is 0 Å². The highest BCUT2D eigenvalue weighted by atomic mass is 35.5. The fourth-order valence-electron chi connectivity index (χ4n) is 2.88. The highest BCUT2D eigenvalue weighted by molar-refractivity contribution is 6.30. The molecule has 1 aliphatic rings. The lowest BCUT2D eigenvalue weighted by atomic mass is 9.87. The Morgan fingerprint density at radius 1 is 1.25 bits per heavy atom. The Balaban J connectivity index is 1.87. The van der Waals surface area contributed by atoms with Crippen LogP contribution in [0.5, 0.6) is 0 Å². The number of benzene rings is 1. The summed E-state index contributed by atoms with van der Waals surface area (Å²) in [4.78, 5) is 14.9. The van der Waals surface area contributed by atoms with Crippen LogP contribution in [0.4, 0.5) is 0 Å². The van der Waals surface area contributed by atoms with Crippen molar-refractivity contribution in [3.05, 3.63) is 59.0 Å². The Bertz CT molecular complexity index is 591. The number of hydrogen-bond acceptors (Lipinski definition) is 3. The van der Waals surface area contributed by atoms with Crippen LogP contribution in [-0.4, -0.2) is 30.8 Å². The third-order valence-corrected chi connectivity index (χ3v) is 4.13. The van der Waals surface area contributed by atoms with Crippen LogP contribution in [0, 0.1) is 5.92 Å². The van der Waals surface area contributed by atoms with E-state index in [9.17, 15) is 4.79 Å². The van der Waals surface area contributed by atoms with Gasteiger partial charge in [-0.2, -0.15) is 0 Å². The van der Waals surface area contributed by atoms with Gasteiger partial charge in [-0.05, 0) is 43.4 Å². The number of rotatable bonds is 3. The van der Waals surface area contributed by atoms with Crippen LogP contribution in [-0.2, 0) is 0 Å². The molecule has 1 aromatic heterocycles. The molecule has 0 N–H and O–H groups in total. The number of likely N-dealkylation sites (N-methyl/N-ethyl adjacent to an activating group) is 1. The smallest absolute Gasteiger partial charge is 0.168 e. The molecule has 0 radical (unpaired) electrons. The van der Waals surface area contributed by atoms with Gasteiger partial charge in [0.25, 0.3) is 0 Å². The minimum Gasteiger partial charge on any atom is -0.469 e. The molecule has 20 heavy (non-hydrogen) atoms. The van der Waals surface area contributed by atoms with E-state index in [1.54, 1.807) is 30.5 Å². The number of hydrogen-bond donors (Lipinski definition) is 0. The maximum Gasteiger partial charge on any atom is 0.168 e. The number of likely N-dealkylation sites (tertiary alicyclic amines) is 1. The lowest BCUT2D eigenvalue weighted by Crippen LogP contribution is -2.22. The summed E-state index contributed by atoms with van der Waals surface area (Å²) in [7, 11) is 2.03. The van der Waals surface area contributed by atoms with Crippen LogP contribution in [0.3, 0.4) is 0 Å². The van der Waals surface area contributed by atoms with Crippen LogP contribution in [0.25, 0.3) is 0 Å². The summed E-state index contributed by atoms with van der Waals surface area (Å²) < 4.78 is 5.50. The van der Waals surface area contributed by atoms with Gasteiger partial charge in [0.15, 0.2) is 5.78 Å². The fraction of sp³-hybridized carbons (Fsp3) is 0.312. The van der Waals surface area contributed by atoms with Gasteiger partial charge in [0.1, 0.15) is 5.76 Å². The van der Waals surface area contributed by atoms with Crippen molar-refractivity contribution in [2.24, 2.45) is 5.92 Å². The molecule has 4 heteroatoms. The Labute approximate surface area is 123 Å². The van der Waals surface area contributed by atoms with Crippen LogP contribution in [0.1, 0.15) is 22.0 Å². The zero-order chi connectivity index (χ0) is 14.1. The molecule has 0 unspecified atom stereocenters. The van der Waals surface area contributed by atoms with Gasteiger partial charge in [-0.1, -0.05) is 11.6 Å². The highest BCUT2D eigenvalue weighted by Gasteiger charge is 2.38. The first kappa shape index (κ1) is 13.4. The average Bonchev–Trinajstić information content (AvgIpc) is 3.07. The summed E-state index contributed by atoms with van der Waals surface area (Å²) in [6.07, 6.45) is 1.66. The number of halogens is 1. The van der Waals surface area contributed by atoms with Crippen LogP contribution >= 0.6 is 11.6 Å². The molecular weight excluding hydrogens is 274 g/mol. The average molecular weight is 290 g/mol. The van der Waals surface area contributed by atoms with Gasteiger partial charge in [0, 0.05) is 35.5 Å². The van der Waals surface area contributed by atoms with Gasteiger partial charge in [-0.3, -0.25) is 4.79 Å². The standard InChI is InChI=1S/C16H16ClNO2/c1-18-9-13(15-3-2-8-20-15)14(10-18)16(19)11-4-6-12(17)7-5-11/h2-8,13-14H,9-10H2,1H3/t13-,14-/m1/s1. The molecule has 0 amide bonds. The van der Waals surface area contributed by atoms with E-state index in [1.807, 2.05) is 19.2 Å². The molecule has 3 nitrogen and oxygen atoms in total. The Morgan fingerprint density at radius 3 is 2.65 bits per heavy atom. The summed E-state index contributed by atoms with van der Waals surface area (Å²) >= 11 is 5.87. The SMILES string of the molecule is CN1C[C@@H](C(=O)c2ccc(Cl)cc2)[C@H](c2ccco2)C1. The van der Waals surface area contributed by atoms with Crippen molar-refractivity contribution >= 4 is 17.4 Å². The van der Waals surface area contributed by atoms with Gasteiger partial charge < -0.3 is 9.32 Å². The summed E-state index contributed by atoms with van der Waals surface area (Å²) in [5, 5.41) is 0.646. The number of nitrogens with zero attached hydrogens (tertiary/aromatic N) is 1. The highest BCUT2D eigenvalue weighted by Crippen LogP contribution is 2.34. The van der Waals surface area contributed by atoms with Crippen molar-refractivity contribution in [2.75, 3.05) is 20.1 Å². The molecule has 0 aliphatic carbocycles. The molecule has 2 aromatic rings. The first-order chi connectivity index (χ1) is 9.65. The topological polar surface area (TPSA) is 33.5 Å². The quantitative estimate of drug-likeness (QED) is 0.811. The van der Waals surface area contributed by atoms with E-state index in [-0.39, 0.29) is 17.6 Å². The van der Waals surface area contributed by atoms with Crippen LogP contribution < -0.4 is 0 Å². The summed E-state index contributed by atoms with van der Waals surface area (Å²) in [5.74, 6) is 1.11. The molecule has 1 aromatic carbocycles. The van der Waals surface area contributed by atoms with E-state index < -0.39 is 0 Å². The van der Waals surface area contributed by atoms with Crippen molar-refractivity contribution < 1.29 is 9.21 Å². The monoisotopic (exact) mass is 289 g/mol. The molecule has 2 heterocycles. The first-order valence-electron chi connectivity index (χ1n) is 6.67. The minimum absolute atomic E-state index is 0.0627. The van der Waals surface area contributed by atoms with Crippen LogP contribution in [0.15, 0.2) is 47.1 Å². The van der Waals surface area contributed by atoms with E-state index in [2.05, 4.69) is 4.90 Å². The van der Waals surface area contributed by atoms with E-state index in [0.717, 1.165) is 18.8 Å². The molecule has 0 bridgehead atoms. The third kappa shape index (κ3) is 2.51. The second-order valence-electron chi connectivity index (χ2n) is 5.32. The number of ketones is 1. The maximum absolute atomic E-state index is 12.7. The number of carbonyl (C=O) groups excluding carboxylic acids is 1. The van der Waals surface area contributed by atoms with Crippen molar-refractivity contribution in [1.82, 2.24) is 4.90 Å². The molecule has 0 spiro atoms. The molecule has 1 saturated heterocycles. The fourth-order valence-corrected chi connectivity index (χ4v) is 3.01. The Kier molecular flexibility index (Phi) is 3.64. The summed E-state index contributed by atoms with van der Waals surface area (Å²) in [6.45, 7) is 1.60. The molecule has 0 saturated carbocycles. The zero-order valence-corrected chi connectivity index (χ0v) is 12.0. The predicted molar refractivity (Wildman–Crippen MR) is 78.2 cm³/mol. The Hall–Kier alpha value is -1.58. The molecular formula is C16H16ClNO2. The second kappa shape index (κ2) is 5.43. The minimum atomic E-state index is -0.0627. The zero-order valence-electron chi connectivity index (χ0n) is 11.3. The molecule has 1 fully saturated rings. The number of furan rings is 1. The van der Waals surface area contributed by atoms with Crippen LogP contribution in [0.2, 0.25) is 5.02 Å². The first-order valence-corrected chi connectivity index (χ1v) is 7.04. The Morgan fingerprint density at radius 2 is 2.00 bits per heavy atom. The lowest BCUT2D eigenvalue weighted by Gasteiger charge is -2.15. The summed E-state index contributed by atoms with van der Waals surface area (Å²) in [5.41, 5.74) is 0.714. The third-order valence-electron chi connectivity index (χ3n) is 3.88. The molecule has 2 atom stereocenters. The summed E-state index contributed by atoms with van der Waals surface area (Å²) in [6, 6.07) is 10.9. The van der Waals surface area contributed by atoms with Gasteiger partial charge in [0.05, 0.1) is 6.26 Å². The molecule has 104 valence electrons.